The highest BCUT2D eigenvalue weighted by atomic mass is 16.4. The van der Waals surface area contributed by atoms with E-state index in [0.29, 0.717) is 12.1 Å². The first-order valence-electron chi connectivity index (χ1n) is 7.17. The number of pyridine rings is 1. The monoisotopic (exact) mass is 288 g/mol. The molecule has 0 spiro atoms. The summed E-state index contributed by atoms with van der Waals surface area (Å²) in [7, 11) is 2.12. The first-order valence-corrected chi connectivity index (χ1v) is 7.17. The molecule has 0 aromatic carbocycles. The number of aromatic nitrogens is 2. The Hall–Kier alpha value is -1.92. The van der Waals surface area contributed by atoms with Crippen LogP contribution < -0.4 is 0 Å². The number of hydrogen-bond donors (Lipinski definition) is 1. The Bertz CT molecular complexity index is 672. The summed E-state index contributed by atoms with van der Waals surface area (Å²) in [5, 5.41) is 9.33. The van der Waals surface area contributed by atoms with Crippen LogP contribution in [-0.4, -0.2) is 63.5 Å². The number of likely N-dealkylation sites (N-methyl/N-ethyl adjacent to an activating group) is 1. The molecular formula is C15H20N4O2. The molecule has 1 N–H and O–H groups in total. The van der Waals surface area contributed by atoms with Crippen LogP contribution >= 0.6 is 0 Å². The minimum Gasteiger partial charge on any atom is -0.476 e. The van der Waals surface area contributed by atoms with Gasteiger partial charge in [0.05, 0.1) is 12.1 Å². The molecule has 1 saturated heterocycles. The standard InChI is InChI=1S/C15H20N4O2/c1-11-4-3-5-12-14(15(20)21)16-13(19(11)12)10-18-8-6-17(2)7-9-18/h3-5H,6-10H2,1-2H3,(H,20,21). The number of imidazole rings is 1. The summed E-state index contributed by atoms with van der Waals surface area (Å²) >= 11 is 0. The second-order valence-corrected chi connectivity index (χ2v) is 5.65. The second kappa shape index (κ2) is 5.46. The Morgan fingerprint density at radius 1 is 1.29 bits per heavy atom. The quantitative estimate of drug-likeness (QED) is 0.916. The average Bonchev–Trinajstić information content (AvgIpc) is 2.82. The van der Waals surface area contributed by atoms with Crippen LogP contribution in [0.1, 0.15) is 22.0 Å². The van der Waals surface area contributed by atoms with Crippen LogP contribution in [0.15, 0.2) is 18.2 Å². The molecule has 0 atom stereocenters. The van der Waals surface area contributed by atoms with E-state index >= 15 is 0 Å². The molecule has 1 aliphatic rings. The van der Waals surface area contributed by atoms with Crippen LogP contribution in [0, 0.1) is 6.92 Å². The Morgan fingerprint density at radius 3 is 2.67 bits per heavy atom. The minimum atomic E-state index is -0.970. The van der Waals surface area contributed by atoms with Gasteiger partial charge in [-0.05, 0) is 26.1 Å². The predicted octanol–water partition coefficient (Wildman–Crippen LogP) is 1.09. The van der Waals surface area contributed by atoms with E-state index in [2.05, 4.69) is 21.8 Å². The van der Waals surface area contributed by atoms with Crippen LogP contribution in [0.3, 0.4) is 0 Å². The maximum Gasteiger partial charge on any atom is 0.356 e. The molecule has 1 fully saturated rings. The van der Waals surface area contributed by atoms with E-state index < -0.39 is 5.97 Å². The fraction of sp³-hybridized carbons (Fsp3) is 0.467. The van der Waals surface area contributed by atoms with Gasteiger partial charge in [0.2, 0.25) is 0 Å². The molecule has 2 aromatic heterocycles. The van der Waals surface area contributed by atoms with Gasteiger partial charge in [-0.25, -0.2) is 9.78 Å². The number of fused-ring (bicyclic) bond motifs is 1. The predicted molar refractivity (Wildman–Crippen MR) is 79.7 cm³/mol. The van der Waals surface area contributed by atoms with Crippen molar-refractivity contribution in [3.63, 3.8) is 0 Å². The zero-order chi connectivity index (χ0) is 15.0. The lowest BCUT2D eigenvalue weighted by Gasteiger charge is -2.31. The number of aryl methyl sites for hydroxylation is 1. The lowest BCUT2D eigenvalue weighted by Crippen LogP contribution is -2.44. The van der Waals surface area contributed by atoms with Gasteiger partial charge in [0.1, 0.15) is 5.82 Å². The molecule has 2 aromatic rings. The zero-order valence-electron chi connectivity index (χ0n) is 12.4. The molecule has 0 unspecified atom stereocenters. The largest absolute Gasteiger partial charge is 0.476 e. The summed E-state index contributed by atoms with van der Waals surface area (Å²) < 4.78 is 1.96. The molecule has 3 rings (SSSR count). The highest BCUT2D eigenvalue weighted by Crippen LogP contribution is 2.18. The molecule has 6 heteroatoms. The third kappa shape index (κ3) is 2.64. The second-order valence-electron chi connectivity index (χ2n) is 5.65. The summed E-state index contributed by atoms with van der Waals surface area (Å²) in [5.41, 5.74) is 1.83. The topological polar surface area (TPSA) is 61.1 Å². The Kier molecular flexibility index (Phi) is 3.65. The molecule has 0 radical (unpaired) electrons. The fourth-order valence-electron chi connectivity index (χ4n) is 2.85. The Balaban J connectivity index is 1.96. The molecule has 0 saturated carbocycles. The van der Waals surface area contributed by atoms with Crippen LogP contribution in [0.5, 0.6) is 0 Å². The Morgan fingerprint density at radius 2 is 2.00 bits per heavy atom. The van der Waals surface area contributed by atoms with Gasteiger partial charge in [0.25, 0.3) is 0 Å². The van der Waals surface area contributed by atoms with Crippen molar-refractivity contribution < 1.29 is 9.90 Å². The minimum absolute atomic E-state index is 0.142. The number of piperazine rings is 1. The third-order valence-electron chi connectivity index (χ3n) is 4.09. The normalized spacial score (nSPS) is 17.4. The van der Waals surface area contributed by atoms with Crippen molar-refractivity contribution in [1.82, 2.24) is 19.2 Å². The number of nitrogens with zero attached hydrogens (tertiary/aromatic N) is 4. The van der Waals surface area contributed by atoms with Crippen LogP contribution in [0.2, 0.25) is 0 Å². The molecule has 0 bridgehead atoms. The lowest BCUT2D eigenvalue weighted by atomic mass is 10.3. The van der Waals surface area contributed by atoms with Gasteiger partial charge in [-0.15, -0.1) is 0 Å². The van der Waals surface area contributed by atoms with Crippen molar-refractivity contribution in [3.05, 3.63) is 35.4 Å². The van der Waals surface area contributed by atoms with Crippen LogP contribution in [0.4, 0.5) is 0 Å². The van der Waals surface area contributed by atoms with Crippen molar-refractivity contribution in [3.8, 4) is 0 Å². The number of carboxylic acid groups (broad SMARTS) is 1. The molecular weight excluding hydrogens is 268 g/mol. The van der Waals surface area contributed by atoms with Crippen molar-refractivity contribution >= 4 is 11.5 Å². The van der Waals surface area contributed by atoms with Crippen molar-refractivity contribution in [2.75, 3.05) is 33.2 Å². The molecule has 1 aliphatic heterocycles. The van der Waals surface area contributed by atoms with E-state index in [4.69, 9.17) is 0 Å². The van der Waals surface area contributed by atoms with Gasteiger partial charge in [0, 0.05) is 31.9 Å². The van der Waals surface area contributed by atoms with Gasteiger partial charge in [-0.1, -0.05) is 6.07 Å². The maximum atomic E-state index is 11.4. The number of rotatable bonds is 3. The summed E-state index contributed by atoms with van der Waals surface area (Å²) in [6, 6.07) is 5.67. The number of carboxylic acids is 1. The highest BCUT2D eigenvalue weighted by Gasteiger charge is 2.21. The Labute approximate surface area is 123 Å². The smallest absolute Gasteiger partial charge is 0.356 e. The van der Waals surface area contributed by atoms with Crippen molar-refractivity contribution in [2.45, 2.75) is 13.5 Å². The lowest BCUT2D eigenvalue weighted by molar-refractivity contribution is 0.0693. The van der Waals surface area contributed by atoms with Gasteiger partial charge in [-0.3, -0.25) is 9.30 Å². The van der Waals surface area contributed by atoms with Gasteiger partial charge in [-0.2, -0.15) is 0 Å². The molecule has 3 heterocycles. The molecule has 112 valence electrons. The maximum absolute atomic E-state index is 11.4. The van der Waals surface area contributed by atoms with Crippen LogP contribution in [-0.2, 0) is 6.54 Å². The van der Waals surface area contributed by atoms with E-state index in [1.165, 1.54) is 0 Å². The summed E-state index contributed by atoms with van der Waals surface area (Å²) in [5.74, 6) is -0.159. The first-order chi connectivity index (χ1) is 10.1. The van der Waals surface area contributed by atoms with E-state index in [1.807, 2.05) is 29.5 Å². The van der Waals surface area contributed by atoms with E-state index in [0.717, 1.165) is 37.7 Å². The number of carbonyl (C=O) groups is 1. The fourth-order valence-corrected chi connectivity index (χ4v) is 2.85. The van der Waals surface area contributed by atoms with Crippen molar-refractivity contribution in [1.29, 1.82) is 0 Å². The van der Waals surface area contributed by atoms with Crippen molar-refractivity contribution in [2.24, 2.45) is 0 Å². The summed E-state index contributed by atoms with van der Waals surface area (Å²) in [6.45, 7) is 6.71. The number of aromatic carboxylic acids is 1. The van der Waals surface area contributed by atoms with Crippen LogP contribution in [0.25, 0.3) is 5.52 Å². The van der Waals surface area contributed by atoms with E-state index in [-0.39, 0.29) is 5.69 Å². The van der Waals surface area contributed by atoms with Gasteiger partial charge < -0.3 is 10.0 Å². The zero-order valence-corrected chi connectivity index (χ0v) is 12.4. The van der Waals surface area contributed by atoms with Gasteiger partial charge >= 0.3 is 5.97 Å². The highest BCUT2D eigenvalue weighted by molar-refractivity contribution is 5.93. The molecule has 6 nitrogen and oxygen atoms in total. The average molecular weight is 288 g/mol. The number of hydrogen-bond acceptors (Lipinski definition) is 4. The van der Waals surface area contributed by atoms with E-state index in [9.17, 15) is 9.90 Å². The SMILES string of the molecule is Cc1cccc2c(C(=O)O)nc(CN3CCN(C)CC3)n12. The molecule has 21 heavy (non-hydrogen) atoms. The van der Waals surface area contributed by atoms with E-state index in [1.54, 1.807) is 0 Å². The first kappa shape index (κ1) is 14.0. The molecule has 0 amide bonds. The third-order valence-corrected chi connectivity index (χ3v) is 4.09. The molecule has 0 aliphatic carbocycles. The summed E-state index contributed by atoms with van der Waals surface area (Å²) in [4.78, 5) is 20.4. The van der Waals surface area contributed by atoms with Gasteiger partial charge in [0.15, 0.2) is 5.69 Å². The summed E-state index contributed by atoms with van der Waals surface area (Å²) in [6.07, 6.45) is 0.